The zero-order valence-corrected chi connectivity index (χ0v) is 8.94. The molecule has 0 radical (unpaired) electrons. The Kier molecular flexibility index (Phi) is 1.87. The fourth-order valence-electron chi connectivity index (χ4n) is 1.79. The monoisotopic (exact) mass is 235 g/mol. The first-order valence-corrected chi connectivity index (χ1v) is 5.14. The van der Waals surface area contributed by atoms with Gasteiger partial charge in [0.25, 0.3) is 0 Å². The van der Waals surface area contributed by atoms with E-state index in [0.29, 0.717) is 10.7 Å². The van der Waals surface area contributed by atoms with Gasteiger partial charge < -0.3 is 5.32 Å². The molecule has 7 heteroatoms. The van der Waals surface area contributed by atoms with Gasteiger partial charge in [0.1, 0.15) is 0 Å². The molecule has 1 aromatic carbocycles. The lowest BCUT2D eigenvalue weighted by Gasteiger charge is -2.35. The third-order valence-corrected chi connectivity index (χ3v) is 2.77. The van der Waals surface area contributed by atoms with Crippen LogP contribution in [0.4, 0.5) is 5.69 Å². The Morgan fingerprint density at radius 3 is 2.50 bits per heavy atom. The minimum absolute atomic E-state index is 0.0920. The van der Waals surface area contributed by atoms with Crippen LogP contribution in [-0.4, -0.2) is 16.7 Å². The van der Waals surface area contributed by atoms with E-state index in [0.717, 1.165) is 5.69 Å². The quantitative estimate of drug-likeness (QED) is 0.386. The van der Waals surface area contributed by atoms with Gasteiger partial charge in [-0.15, -0.1) is 0 Å². The maximum atomic E-state index is 12.2. The Morgan fingerprint density at radius 1 is 1.12 bits per heavy atom. The van der Waals surface area contributed by atoms with E-state index >= 15 is 0 Å². The van der Waals surface area contributed by atoms with Crippen molar-refractivity contribution in [2.75, 3.05) is 5.32 Å². The summed E-state index contributed by atoms with van der Waals surface area (Å²) in [6.45, 7) is 0. The van der Waals surface area contributed by atoms with Gasteiger partial charge in [0.15, 0.2) is 5.11 Å². The van der Waals surface area contributed by atoms with Crippen LogP contribution in [0.5, 0.6) is 0 Å². The number of fused-ring (bicyclic) bond motifs is 1. The number of benzene rings is 1. The van der Waals surface area contributed by atoms with Gasteiger partial charge in [0.2, 0.25) is 11.6 Å². The summed E-state index contributed by atoms with van der Waals surface area (Å²) in [6.07, 6.45) is 0. The van der Waals surface area contributed by atoms with Crippen molar-refractivity contribution in [3.63, 3.8) is 0 Å². The van der Waals surface area contributed by atoms with E-state index in [-0.39, 0.29) is 5.78 Å². The summed E-state index contributed by atoms with van der Waals surface area (Å²) in [5.74, 6) is -1.17. The number of nitrogens with one attached hydrogen (secondary N) is 5. The number of hydrogen-bond donors (Lipinski definition) is 5. The number of carbonyl (C=O) groups is 1. The molecule has 16 heavy (non-hydrogen) atoms. The summed E-state index contributed by atoms with van der Waals surface area (Å²) >= 11 is 4.86. The molecule has 2 aliphatic rings. The minimum Gasteiger partial charge on any atom is -0.345 e. The molecule has 0 atom stereocenters. The number of hydrogen-bond acceptors (Lipinski definition) is 5. The van der Waals surface area contributed by atoms with Gasteiger partial charge in [0.05, 0.1) is 0 Å². The first kappa shape index (κ1) is 9.52. The zero-order chi connectivity index (χ0) is 11.2. The number of carbonyl (C=O) groups excluding carboxylic acids is 1. The molecule has 2 heterocycles. The number of rotatable bonds is 0. The van der Waals surface area contributed by atoms with E-state index in [2.05, 4.69) is 27.0 Å². The summed E-state index contributed by atoms with van der Waals surface area (Å²) in [5, 5.41) is 3.45. The number of thiocarbonyl (C=S) groups is 1. The highest BCUT2D eigenvalue weighted by Crippen LogP contribution is 2.28. The molecular formula is C9H9N5OS. The number of anilines is 1. The van der Waals surface area contributed by atoms with Crippen LogP contribution in [0.1, 0.15) is 10.4 Å². The molecule has 0 saturated carbocycles. The van der Waals surface area contributed by atoms with E-state index in [9.17, 15) is 4.79 Å². The predicted octanol–water partition coefficient (Wildman–Crippen LogP) is -0.565. The number of ketones is 1. The van der Waals surface area contributed by atoms with Crippen LogP contribution < -0.4 is 27.0 Å². The van der Waals surface area contributed by atoms with Crippen molar-refractivity contribution in [3.05, 3.63) is 29.8 Å². The maximum Gasteiger partial charge on any atom is 0.243 e. The zero-order valence-electron chi connectivity index (χ0n) is 8.13. The van der Waals surface area contributed by atoms with Crippen molar-refractivity contribution in [3.8, 4) is 0 Å². The largest absolute Gasteiger partial charge is 0.345 e. The molecule has 1 fully saturated rings. The summed E-state index contributed by atoms with van der Waals surface area (Å²) in [4.78, 5) is 12.2. The Bertz CT molecular complexity index is 479. The number of Topliss-reactive ketones (excluding diaryl/α,β-unsaturated/α-hetero) is 1. The Hall–Kier alpha value is -1.70. The highest BCUT2D eigenvalue weighted by Gasteiger charge is 2.47. The Balaban J connectivity index is 1.97. The topological polar surface area (TPSA) is 77.2 Å². The minimum atomic E-state index is -1.08. The van der Waals surface area contributed by atoms with Crippen LogP contribution in [0.25, 0.3) is 0 Å². The molecule has 0 aromatic heterocycles. The first-order valence-electron chi connectivity index (χ1n) is 4.74. The molecule has 6 nitrogen and oxygen atoms in total. The predicted molar refractivity (Wildman–Crippen MR) is 62.3 cm³/mol. The van der Waals surface area contributed by atoms with Gasteiger partial charge in [-0.25, -0.2) is 0 Å². The molecule has 1 saturated heterocycles. The molecule has 0 amide bonds. The third kappa shape index (κ3) is 1.19. The van der Waals surface area contributed by atoms with Crippen molar-refractivity contribution >= 4 is 28.8 Å². The van der Waals surface area contributed by atoms with Crippen LogP contribution in [0.15, 0.2) is 24.3 Å². The average molecular weight is 235 g/mol. The smallest absolute Gasteiger partial charge is 0.243 e. The molecule has 0 bridgehead atoms. The third-order valence-electron chi connectivity index (χ3n) is 2.56. The van der Waals surface area contributed by atoms with Crippen LogP contribution >= 0.6 is 12.2 Å². The lowest BCUT2D eigenvalue weighted by molar-refractivity contribution is 0.0820. The van der Waals surface area contributed by atoms with Gasteiger partial charge in [-0.1, -0.05) is 12.1 Å². The van der Waals surface area contributed by atoms with Crippen molar-refractivity contribution in [2.45, 2.75) is 5.79 Å². The van der Waals surface area contributed by atoms with Gasteiger partial charge in [-0.3, -0.25) is 15.6 Å². The van der Waals surface area contributed by atoms with E-state index in [1.165, 1.54) is 0 Å². The molecule has 0 unspecified atom stereocenters. The summed E-state index contributed by atoms with van der Waals surface area (Å²) in [7, 11) is 0. The van der Waals surface area contributed by atoms with Crippen LogP contribution in [0, 0.1) is 0 Å². The van der Waals surface area contributed by atoms with E-state index in [1.54, 1.807) is 6.07 Å². The van der Waals surface area contributed by atoms with Crippen molar-refractivity contribution in [2.24, 2.45) is 0 Å². The second-order valence-corrected chi connectivity index (χ2v) is 3.99. The van der Waals surface area contributed by atoms with E-state index in [1.807, 2.05) is 18.2 Å². The highest BCUT2D eigenvalue weighted by molar-refractivity contribution is 7.80. The average Bonchev–Trinajstić information content (AvgIpc) is 2.58. The second kappa shape index (κ2) is 3.14. The summed E-state index contributed by atoms with van der Waals surface area (Å²) in [5.41, 5.74) is 12.5. The molecule has 82 valence electrons. The molecule has 3 rings (SSSR count). The van der Waals surface area contributed by atoms with Crippen LogP contribution in [-0.2, 0) is 0 Å². The number of para-hydroxylation sites is 1. The standard InChI is InChI=1S/C9H9N5OS/c15-7-5-3-1-2-4-6(5)10-9(7)13-11-8(16)12-14-9/h1-4,10,13-14H,(H2,11,12,16). The summed E-state index contributed by atoms with van der Waals surface area (Å²) in [6, 6.07) is 7.31. The van der Waals surface area contributed by atoms with Crippen molar-refractivity contribution in [1.29, 1.82) is 0 Å². The molecule has 1 spiro atoms. The van der Waals surface area contributed by atoms with Gasteiger partial charge >= 0.3 is 0 Å². The van der Waals surface area contributed by atoms with E-state index < -0.39 is 5.79 Å². The number of hydrazine groups is 2. The normalized spacial score (nSPS) is 21.0. The molecule has 0 aliphatic carbocycles. The fourth-order valence-corrected chi connectivity index (χ4v) is 1.89. The molecular weight excluding hydrogens is 226 g/mol. The van der Waals surface area contributed by atoms with Gasteiger partial charge in [-0.05, 0) is 24.4 Å². The lowest BCUT2D eigenvalue weighted by Crippen LogP contribution is -2.78. The second-order valence-electron chi connectivity index (χ2n) is 3.58. The van der Waals surface area contributed by atoms with Gasteiger partial charge in [0, 0.05) is 11.3 Å². The fraction of sp³-hybridized carbons (Fsp3) is 0.111. The van der Waals surface area contributed by atoms with E-state index in [4.69, 9.17) is 12.2 Å². The van der Waals surface area contributed by atoms with Crippen LogP contribution in [0.3, 0.4) is 0 Å². The van der Waals surface area contributed by atoms with Gasteiger partial charge in [-0.2, -0.15) is 10.9 Å². The molecule has 2 aliphatic heterocycles. The summed E-state index contributed by atoms with van der Waals surface area (Å²) < 4.78 is 0. The Morgan fingerprint density at radius 2 is 1.81 bits per heavy atom. The maximum absolute atomic E-state index is 12.2. The highest BCUT2D eigenvalue weighted by atomic mass is 32.1. The Labute approximate surface area is 96.7 Å². The van der Waals surface area contributed by atoms with Crippen LogP contribution in [0.2, 0.25) is 0 Å². The van der Waals surface area contributed by atoms with Crippen molar-refractivity contribution in [1.82, 2.24) is 21.7 Å². The lowest BCUT2D eigenvalue weighted by atomic mass is 10.1. The first-order chi connectivity index (χ1) is 7.71. The molecule has 5 N–H and O–H groups in total. The SMILES string of the molecule is O=C1c2ccccc2NC12NNC(=S)NN2. The van der Waals surface area contributed by atoms with Crippen molar-refractivity contribution < 1.29 is 4.79 Å². The molecule has 1 aromatic rings.